The molecule has 0 atom stereocenters. The molecule has 2 amide bonds. The summed E-state index contributed by atoms with van der Waals surface area (Å²) >= 11 is 7.34. The van der Waals surface area contributed by atoms with E-state index in [1.165, 1.54) is 0 Å². The topological polar surface area (TPSA) is 58.2 Å². The molecule has 1 aromatic heterocycles. The molecule has 2 rings (SSSR count). The smallest absolute Gasteiger partial charge is 0.313 e. The first-order valence-electron chi connectivity index (χ1n) is 6.01. The number of anilines is 1. The van der Waals surface area contributed by atoms with E-state index < -0.39 is 11.8 Å². The molecule has 20 heavy (non-hydrogen) atoms. The Labute approximate surface area is 125 Å². The van der Waals surface area contributed by atoms with E-state index in [-0.39, 0.29) is 0 Å². The van der Waals surface area contributed by atoms with Crippen molar-refractivity contribution in [3.8, 4) is 0 Å². The fourth-order valence-corrected chi connectivity index (χ4v) is 2.39. The molecule has 0 bridgehead atoms. The zero-order valence-corrected chi connectivity index (χ0v) is 12.1. The van der Waals surface area contributed by atoms with Gasteiger partial charge in [-0.1, -0.05) is 11.6 Å². The Morgan fingerprint density at radius 3 is 2.50 bits per heavy atom. The molecular weight excluding hydrogens is 296 g/mol. The van der Waals surface area contributed by atoms with E-state index in [0.717, 1.165) is 5.56 Å². The van der Waals surface area contributed by atoms with Gasteiger partial charge in [-0.05, 0) is 53.1 Å². The number of amides is 2. The molecule has 0 saturated carbocycles. The number of carbonyl (C=O) groups is 2. The lowest BCUT2D eigenvalue weighted by Crippen LogP contribution is -2.36. The minimum Gasteiger partial charge on any atom is -0.347 e. The summed E-state index contributed by atoms with van der Waals surface area (Å²) in [6.07, 6.45) is 0.712. The Balaban J connectivity index is 1.77. The summed E-state index contributed by atoms with van der Waals surface area (Å²) in [4.78, 5) is 23.2. The van der Waals surface area contributed by atoms with Crippen LogP contribution in [0.25, 0.3) is 0 Å². The van der Waals surface area contributed by atoms with E-state index in [1.54, 1.807) is 35.6 Å². The van der Waals surface area contributed by atoms with Gasteiger partial charge in [0.2, 0.25) is 0 Å². The van der Waals surface area contributed by atoms with Gasteiger partial charge in [-0.25, -0.2) is 0 Å². The van der Waals surface area contributed by atoms with Crippen LogP contribution in [0.2, 0.25) is 5.02 Å². The first-order valence-corrected chi connectivity index (χ1v) is 7.33. The summed E-state index contributed by atoms with van der Waals surface area (Å²) in [6, 6.07) is 8.56. The van der Waals surface area contributed by atoms with Crippen molar-refractivity contribution >= 4 is 40.4 Å². The number of hydrogen-bond donors (Lipinski definition) is 2. The van der Waals surface area contributed by atoms with Gasteiger partial charge in [-0.2, -0.15) is 11.3 Å². The van der Waals surface area contributed by atoms with Gasteiger partial charge in [0, 0.05) is 17.3 Å². The summed E-state index contributed by atoms with van der Waals surface area (Å²) in [5.41, 5.74) is 1.68. The molecule has 0 unspecified atom stereocenters. The molecule has 0 aliphatic carbocycles. The maximum Gasteiger partial charge on any atom is 0.313 e. The Morgan fingerprint density at radius 1 is 1.10 bits per heavy atom. The Hall–Kier alpha value is -1.85. The summed E-state index contributed by atoms with van der Waals surface area (Å²) < 4.78 is 0. The second-order valence-electron chi connectivity index (χ2n) is 4.10. The highest BCUT2D eigenvalue weighted by atomic mass is 35.5. The maximum atomic E-state index is 11.6. The number of hydrogen-bond acceptors (Lipinski definition) is 3. The second-order valence-corrected chi connectivity index (χ2v) is 5.31. The van der Waals surface area contributed by atoms with Crippen LogP contribution in [-0.4, -0.2) is 18.4 Å². The number of nitrogens with one attached hydrogen (secondary N) is 2. The summed E-state index contributed by atoms with van der Waals surface area (Å²) in [5.74, 6) is -1.33. The van der Waals surface area contributed by atoms with Gasteiger partial charge in [0.1, 0.15) is 0 Å². The van der Waals surface area contributed by atoms with Gasteiger partial charge >= 0.3 is 11.8 Å². The number of rotatable bonds is 4. The van der Waals surface area contributed by atoms with Gasteiger partial charge in [-0.15, -0.1) is 0 Å². The number of thiophene rings is 1. The lowest BCUT2D eigenvalue weighted by atomic mass is 10.2. The highest BCUT2D eigenvalue weighted by Gasteiger charge is 2.12. The average Bonchev–Trinajstić information content (AvgIpc) is 2.94. The molecule has 0 spiro atoms. The molecule has 0 fully saturated rings. The van der Waals surface area contributed by atoms with Crippen LogP contribution < -0.4 is 10.6 Å². The minimum absolute atomic E-state index is 0.434. The summed E-state index contributed by atoms with van der Waals surface area (Å²) in [6.45, 7) is 0.434. The van der Waals surface area contributed by atoms with Crippen molar-refractivity contribution in [1.29, 1.82) is 0 Å². The Bertz CT molecular complexity index is 582. The van der Waals surface area contributed by atoms with Gasteiger partial charge in [0.25, 0.3) is 0 Å². The summed E-state index contributed by atoms with van der Waals surface area (Å²) in [5, 5.41) is 9.65. The highest BCUT2D eigenvalue weighted by Crippen LogP contribution is 2.13. The van der Waals surface area contributed by atoms with Crippen molar-refractivity contribution in [3.05, 3.63) is 51.7 Å². The van der Waals surface area contributed by atoms with Crippen molar-refractivity contribution < 1.29 is 9.59 Å². The molecule has 4 nitrogen and oxygen atoms in total. The second kappa shape index (κ2) is 7.07. The SMILES string of the molecule is O=C(NCCc1ccsc1)C(=O)Nc1ccc(Cl)cc1. The van der Waals surface area contributed by atoms with Crippen LogP contribution in [0, 0.1) is 0 Å². The Kier molecular flexibility index (Phi) is 5.15. The molecule has 1 aromatic carbocycles. The van der Waals surface area contributed by atoms with E-state index in [9.17, 15) is 9.59 Å². The van der Waals surface area contributed by atoms with Crippen molar-refractivity contribution in [3.63, 3.8) is 0 Å². The monoisotopic (exact) mass is 308 g/mol. The van der Waals surface area contributed by atoms with E-state index in [4.69, 9.17) is 11.6 Å². The third-order valence-corrected chi connectivity index (χ3v) is 3.57. The van der Waals surface area contributed by atoms with Crippen LogP contribution in [0.1, 0.15) is 5.56 Å². The molecule has 2 aromatic rings. The molecular formula is C14H13ClN2O2S. The third-order valence-electron chi connectivity index (χ3n) is 2.59. The van der Waals surface area contributed by atoms with Crippen LogP contribution in [0.15, 0.2) is 41.1 Å². The van der Waals surface area contributed by atoms with Crippen molar-refractivity contribution in [1.82, 2.24) is 5.32 Å². The van der Waals surface area contributed by atoms with E-state index in [2.05, 4.69) is 10.6 Å². The molecule has 0 aliphatic rings. The van der Waals surface area contributed by atoms with Gasteiger partial charge < -0.3 is 10.6 Å². The molecule has 0 saturated heterocycles. The molecule has 104 valence electrons. The van der Waals surface area contributed by atoms with E-state index in [0.29, 0.717) is 23.7 Å². The van der Waals surface area contributed by atoms with Crippen LogP contribution in [-0.2, 0) is 16.0 Å². The minimum atomic E-state index is -0.683. The van der Waals surface area contributed by atoms with Crippen LogP contribution >= 0.6 is 22.9 Å². The third kappa shape index (κ3) is 4.36. The maximum absolute atomic E-state index is 11.6. The zero-order chi connectivity index (χ0) is 14.4. The Morgan fingerprint density at radius 2 is 1.85 bits per heavy atom. The average molecular weight is 309 g/mol. The van der Waals surface area contributed by atoms with Crippen LogP contribution in [0.4, 0.5) is 5.69 Å². The number of halogens is 1. The fraction of sp³-hybridized carbons (Fsp3) is 0.143. The predicted octanol–water partition coefficient (Wildman–Crippen LogP) is 2.70. The van der Waals surface area contributed by atoms with Crippen molar-refractivity contribution in [2.24, 2.45) is 0 Å². The van der Waals surface area contributed by atoms with Gasteiger partial charge in [-0.3, -0.25) is 9.59 Å². The first kappa shape index (κ1) is 14.6. The summed E-state index contributed by atoms with van der Waals surface area (Å²) in [7, 11) is 0. The largest absolute Gasteiger partial charge is 0.347 e. The zero-order valence-electron chi connectivity index (χ0n) is 10.6. The first-order chi connectivity index (χ1) is 9.65. The molecule has 1 heterocycles. The molecule has 0 radical (unpaired) electrons. The van der Waals surface area contributed by atoms with E-state index >= 15 is 0 Å². The predicted molar refractivity (Wildman–Crippen MR) is 81.1 cm³/mol. The molecule has 6 heteroatoms. The quantitative estimate of drug-likeness (QED) is 0.853. The highest BCUT2D eigenvalue weighted by molar-refractivity contribution is 7.07. The van der Waals surface area contributed by atoms with Gasteiger partial charge in [0.05, 0.1) is 0 Å². The van der Waals surface area contributed by atoms with E-state index in [1.807, 2.05) is 16.8 Å². The molecule has 0 aliphatic heterocycles. The fourth-order valence-electron chi connectivity index (χ4n) is 1.56. The number of carbonyl (C=O) groups excluding carboxylic acids is 2. The van der Waals surface area contributed by atoms with Crippen LogP contribution in [0.5, 0.6) is 0 Å². The van der Waals surface area contributed by atoms with Gasteiger partial charge in [0.15, 0.2) is 0 Å². The van der Waals surface area contributed by atoms with Crippen molar-refractivity contribution in [2.75, 3.05) is 11.9 Å². The molecule has 2 N–H and O–H groups in total. The lowest BCUT2D eigenvalue weighted by molar-refractivity contribution is -0.136. The van der Waals surface area contributed by atoms with Crippen LogP contribution in [0.3, 0.4) is 0 Å². The normalized spacial score (nSPS) is 10.1. The number of benzene rings is 1. The standard InChI is InChI=1S/C14H13ClN2O2S/c15-11-1-3-12(4-2-11)17-14(19)13(18)16-7-5-10-6-8-20-9-10/h1-4,6,8-9H,5,7H2,(H,16,18)(H,17,19). The van der Waals surface area contributed by atoms with Crippen molar-refractivity contribution in [2.45, 2.75) is 6.42 Å². The lowest BCUT2D eigenvalue weighted by Gasteiger charge is -2.06.